The summed E-state index contributed by atoms with van der Waals surface area (Å²) >= 11 is 0. The standard InChI is InChI=1S/C11H10F4O/c1-7(5-6-16)8-3-2-4-9(12)10(8)11(13,14)15/h2-4,6-7H,5H2,1H3. The van der Waals surface area contributed by atoms with Crippen LogP contribution in [0, 0.1) is 5.82 Å². The molecule has 5 heteroatoms. The van der Waals surface area contributed by atoms with Crippen molar-refractivity contribution in [3.05, 3.63) is 35.1 Å². The number of hydrogen-bond donors (Lipinski definition) is 0. The van der Waals surface area contributed by atoms with E-state index in [2.05, 4.69) is 0 Å². The van der Waals surface area contributed by atoms with Gasteiger partial charge in [0, 0.05) is 6.42 Å². The molecule has 1 atom stereocenters. The van der Waals surface area contributed by atoms with Crippen molar-refractivity contribution in [2.24, 2.45) is 0 Å². The average Bonchev–Trinajstić information content (AvgIpc) is 2.15. The van der Waals surface area contributed by atoms with E-state index < -0.39 is 23.5 Å². The maximum absolute atomic E-state index is 13.1. The van der Waals surface area contributed by atoms with E-state index in [0.29, 0.717) is 6.29 Å². The molecule has 0 saturated heterocycles. The molecule has 0 bridgehead atoms. The monoisotopic (exact) mass is 234 g/mol. The van der Waals surface area contributed by atoms with Gasteiger partial charge in [0.25, 0.3) is 0 Å². The van der Waals surface area contributed by atoms with Gasteiger partial charge in [-0.05, 0) is 17.5 Å². The van der Waals surface area contributed by atoms with Crippen molar-refractivity contribution in [3.8, 4) is 0 Å². The second-order valence-electron chi connectivity index (χ2n) is 3.51. The van der Waals surface area contributed by atoms with Crippen molar-refractivity contribution in [2.45, 2.75) is 25.4 Å². The van der Waals surface area contributed by atoms with Gasteiger partial charge in [-0.3, -0.25) is 0 Å². The molecule has 0 saturated carbocycles. The zero-order valence-corrected chi connectivity index (χ0v) is 8.51. The minimum atomic E-state index is -4.74. The van der Waals surface area contributed by atoms with Crippen LogP contribution in [0.15, 0.2) is 18.2 Å². The zero-order valence-electron chi connectivity index (χ0n) is 8.51. The van der Waals surface area contributed by atoms with Crippen molar-refractivity contribution in [1.82, 2.24) is 0 Å². The molecule has 0 aliphatic heterocycles. The molecular formula is C11H10F4O. The summed E-state index contributed by atoms with van der Waals surface area (Å²) in [5.74, 6) is -1.95. The van der Waals surface area contributed by atoms with Gasteiger partial charge in [-0.2, -0.15) is 13.2 Å². The maximum Gasteiger partial charge on any atom is 0.419 e. The molecule has 0 heterocycles. The number of alkyl halides is 3. The third kappa shape index (κ3) is 2.59. The summed E-state index contributed by atoms with van der Waals surface area (Å²) in [6, 6.07) is 3.17. The molecule has 0 aliphatic rings. The van der Waals surface area contributed by atoms with Crippen LogP contribution in [0.5, 0.6) is 0 Å². The van der Waals surface area contributed by atoms with Crippen LogP contribution in [-0.2, 0) is 11.0 Å². The fraction of sp³-hybridized carbons (Fsp3) is 0.364. The Kier molecular flexibility index (Phi) is 3.67. The van der Waals surface area contributed by atoms with Gasteiger partial charge in [-0.25, -0.2) is 4.39 Å². The highest BCUT2D eigenvalue weighted by molar-refractivity contribution is 5.52. The van der Waals surface area contributed by atoms with Crippen LogP contribution in [0.3, 0.4) is 0 Å². The number of aldehydes is 1. The highest BCUT2D eigenvalue weighted by Crippen LogP contribution is 2.37. The summed E-state index contributed by atoms with van der Waals surface area (Å²) in [5.41, 5.74) is -1.45. The minimum Gasteiger partial charge on any atom is -0.303 e. The Morgan fingerprint density at radius 3 is 2.50 bits per heavy atom. The van der Waals surface area contributed by atoms with E-state index in [0.717, 1.165) is 6.07 Å². The van der Waals surface area contributed by atoms with Gasteiger partial charge in [0.1, 0.15) is 12.1 Å². The normalized spacial score (nSPS) is 13.6. The highest BCUT2D eigenvalue weighted by Gasteiger charge is 2.37. The Bertz CT molecular complexity index is 384. The highest BCUT2D eigenvalue weighted by atomic mass is 19.4. The third-order valence-corrected chi connectivity index (χ3v) is 2.31. The van der Waals surface area contributed by atoms with Crippen molar-refractivity contribution in [2.75, 3.05) is 0 Å². The van der Waals surface area contributed by atoms with E-state index >= 15 is 0 Å². The zero-order chi connectivity index (χ0) is 12.3. The fourth-order valence-corrected chi connectivity index (χ4v) is 1.52. The van der Waals surface area contributed by atoms with E-state index in [9.17, 15) is 22.4 Å². The quantitative estimate of drug-likeness (QED) is 0.577. The van der Waals surface area contributed by atoms with Crippen molar-refractivity contribution in [1.29, 1.82) is 0 Å². The Morgan fingerprint density at radius 1 is 1.38 bits per heavy atom. The molecule has 0 spiro atoms. The topological polar surface area (TPSA) is 17.1 Å². The predicted octanol–water partition coefficient (Wildman–Crippen LogP) is 3.54. The predicted molar refractivity (Wildman–Crippen MR) is 50.5 cm³/mol. The summed E-state index contributed by atoms with van der Waals surface area (Å²) in [6.45, 7) is 1.46. The Balaban J connectivity index is 3.28. The van der Waals surface area contributed by atoms with Gasteiger partial charge in [-0.1, -0.05) is 19.1 Å². The van der Waals surface area contributed by atoms with Gasteiger partial charge in [-0.15, -0.1) is 0 Å². The number of carbonyl (C=O) groups excluding carboxylic acids is 1. The van der Waals surface area contributed by atoms with Gasteiger partial charge in [0.05, 0.1) is 5.56 Å². The summed E-state index contributed by atoms with van der Waals surface area (Å²) in [7, 11) is 0. The Morgan fingerprint density at radius 2 is 2.00 bits per heavy atom. The second kappa shape index (κ2) is 4.63. The second-order valence-corrected chi connectivity index (χ2v) is 3.51. The lowest BCUT2D eigenvalue weighted by molar-refractivity contribution is -0.140. The lowest BCUT2D eigenvalue weighted by atomic mass is 9.93. The minimum absolute atomic E-state index is 0.0630. The van der Waals surface area contributed by atoms with Crippen LogP contribution in [0.25, 0.3) is 0 Å². The van der Waals surface area contributed by atoms with Crippen molar-refractivity contribution in [3.63, 3.8) is 0 Å². The van der Waals surface area contributed by atoms with E-state index in [1.807, 2.05) is 0 Å². The van der Waals surface area contributed by atoms with Crippen molar-refractivity contribution >= 4 is 6.29 Å². The van der Waals surface area contributed by atoms with Crippen LogP contribution in [0.4, 0.5) is 17.6 Å². The van der Waals surface area contributed by atoms with Crippen LogP contribution in [0.1, 0.15) is 30.4 Å². The number of hydrogen-bond acceptors (Lipinski definition) is 1. The summed E-state index contributed by atoms with van der Waals surface area (Å²) in [5, 5.41) is 0. The molecule has 1 rings (SSSR count). The molecule has 0 amide bonds. The summed E-state index contributed by atoms with van der Waals surface area (Å²) in [4.78, 5) is 10.3. The first-order valence-corrected chi connectivity index (χ1v) is 4.67. The first kappa shape index (κ1) is 12.7. The molecule has 0 radical (unpaired) electrons. The van der Waals surface area contributed by atoms with E-state index in [-0.39, 0.29) is 12.0 Å². The SMILES string of the molecule is CC(CC=O)c1cccc(F)c1C(F)(F)F. The van der Waals surface area contributed by atoms with E-state index in [1.165, 1.54) is 19.1 Å². The number of halogens is 4. The molecule has 0 fully saturated rings. The molecule has 0 aliphatic carbocycles. The van der Waals surface area contributed by atoms with Crippen LogP contribution in [0.2, 0.25) is 0 Å². The molecule has 1 unspecified atom stereocenters. The van der Waals surface area contributed by atoms with E-state index in [4.69, 9.17) is 0 Å². The van der Waals surface area contributed by atoms with Crippen LogP contribution >= 0.6 is 0 Å². The van der Waals surface area contributed by atoms with Gasteiger partial charge in [0.15, 0.2) is 0 Å². The average molecular weight is 234 g/mol. The maximum atomic E-state index is 13.1. The van der Waals surface area contributed by atoms with E-state index in [1.54, 1.807) is 0 Å². The molecular weight excluding hydrogens is 224 g/mol. The first-order valence-electron chi connectivity index (χ1n) is 4.67. The van der Waals surface area contributed by atoms with Crippen molar-refractivity contribution < 1.29 is 22.4 Å². The Hall–Kier alpha value is -1.39. The largest absolute Gasteiger partial charge is 0.419 e. The Labute approximate surface area is 90.1 Å². The summed E-state index contributed by atoms with van der Waals surface area (Å²) < 4.78 is 50.9. The van der Waals surface area contributed by atoms with Gasteiger partial charge >= 0.3 is 6.18 Å². The van der Waals surface area contributed by atoms with Gasteiger partial charge in [0.2, 0.25) is 0 Å². The van der Waals surface area contributed by atoms with Gasteiger partial charge < -0.3 is 4.79 Å². The summed E-state index contributed by atoms with van der Waals surface area (Å²) in [6.07, 6.45) is -4.28. The first-order chi connectivity index (χ1) is 7.38. The smallest absolute Gasteiger partial charge is 0.303 e. The lowest BCUT2D eigenvalue weighted by Gasteiger charge is -2.17. The number of rotatable bonds is 3. The third-order valence-electron chi connectivity index (χ3n) is 2.31. The molecule has 88 valence electrons. The molecule has 1 aromatic rings. The molecule has 1 aromatic carbocycles. The molecule has 0 N–H and O–H groups in total. The molecule has 0 aromatic heterocycles. The number of carbonyl (C=O) groups is 1. The number of benzene rings is 1. The van der Waals surface area contributed by atoms with Crippen LogP contribution < -0.4 is 0 Å². The van der Waals surface area contributed by atoms with Crippen LogP contribution in [-0.4, -0.2) is 6.29 Å². The fourth-order valence-electron chi connectivity index (χ4n) is 1.52. The molecule has 1 nitrogen and oxygen atoms in total. The molecule has 16 heavy (non-hydrogen) atoms. The lowest BCUT2D eigenvalue weighted by Crippen LogP contribution is -2.14.